The number of benzene rings is 1. The number of hydrogen-bond acceptors (Lipinski definition) is 3. The fraction of sp³-hybridized carbons (Fsp3) is 0.571. The molecule has 1 aliphatic carbocycles. The van der Waals surface area contributed by atoms with E-state index in [1.807, 2.05) is 6.07 Å². The van der Waals surface area contributed by atoms with Crippen LogP contribution in [0.1, 0.15) is 30.9 Å². The van der Waals surface area contributed by atoms with Gasteiger partial charge in [0.15, 0.2) is 0 Å². The molecule has 19 heavy (non-hydrogen) atoms. The summed E-state index contributed by atoms with van der Waals surface area (Å²) in [5.74, 6) is 0.775. The van der Waals surface area contributed by atoms with Crippen LogP contribution in [-0.4, -0.2) is 25.9 Å². The lowest BCUT2D eigenvalue weighted by Gasteiger charge is -2.39. The zero-order valence-corrected chi connectivity index (χ0v) is 12.3. The van der Waals surface area contributed by atoms with Gasteiger partial charge in [-0.25, -0.2) is 0 Å². The van der Waals surface area contributed by atoms with Crippen molar-refractivity contribution in [2.45, 2.75) is 37.5 Å². The molecule has 1 saturated carbocycles. The van der Waals surface area contributed by atoms with E-state index in [1.54, 1.807) is 13.2 Å². The Kier molecular flexibility index (Phi) is 3.90. The van der Waals surface area contributed by atoms with Crippen LogP contribution in [0, 0.1) is 0 Å². The van der Waals surface area contributed by atoms with Gasteiger partial charge in [-0.05, 0) is 25.0 Å². The average Bonchev–Trinajstić information content (AvgIpc) is 2.33. The van der Waals surface area contributed by atoms with Crippen LogP contribution in [0.15, 0.2) is 12.1 Å². The van der Waals surface area contributed by atoms with Crippen LogP contribution in [0.4, 0.5) is 0 Å². The molecule has 0 radical (unpaired) electrons. The molecule has 1 heterocycles. The minimum atomic E-state index is 0.266. The molecule has 1 atom stereocenters. The molecule has 5 heteroatoms. The number of hydrogen-bond donors (Lipinski definition) is 1. The van der Waals surface area contributed by atoms with Crippen molar-refractivity contribution in [3.63, 3.8) is 0 Å². The molecule has 1 fully saturated rings. The van der Waals surface area contributed by atoms with Crippen molar-refractivity contribution in [1.82, 2.24) is 5.32 Å². The van der Waals surface area contributed by atoms with Crippen LogP contribution >= 0.6 is 23.2 Å². The predicted molar refractivity (Wildman–Crippen MR) is 76.3 cm³/mol. The fourth-order valence-corrected chi connectivity index (χ4v) is 3.34. The highest BCUT2D eigenvalue weighted by molar-refractivity contribution is 6.35. The summed E-state index contributed by atoms with van der Waals surface area (Å²) in [5.41, 5.74) is 1.07. The normalized spacial score (nSPS) is 29.3. The van der Waals surface area contributed by atoms with Gasteiger partial charge in [-0.2, -0.15) is 0 Å². The number of ether oxygens (including phenoxy) is 2. The fourth-order valence-electron chi connectivity index (χ4n) is 2.78. The molecule has 1 aliphatic heterocycles. The van der Waals surface area contributed by atoms with E-state index in [-0.39, 0.29) is 6.04 Å². The molecule has 3 rings (SSSR count). The number of fused-ring (bicyclic) bond motifs is 1. The minimum absolute atomic E-state index is 0.266. The molecule has 1 aromatic carbocycles. The van der Waals surface area contributed by atoms with Crippen molar-refractivity contribution < 1.29 is 9.47 Å². The summed E-state index contributed by atoms with van der Waals surface area (Å²) in [6, 6.07) is 4.46. The molecular formula is C14H17Cl2NO2. The van der Waals surface area contributed by atoms with E-state index in [0.717, 1.165) is 30.6 Å². The van der Waals surface area contributed by atoms with Gasteiger partial charge >= 0.3 is 0 Å². The maximum Gasteiger partial charge on any atom is 0.142 e. The van der Waals surface area contributed by atoms with Crippen molar-refractivity contribution in [3.8, 4) is 5.75 Å². The first-order valence-electron chi connectivity index (χ1n) is 6.58. The third-order valence-electron chi connectivity index (χ3n) is 3.93. The number of methoxy groups -OCH3 is 1. The summed E-state index contributed by atoms with van der Waals surface area (Å²) in [6.07, 6.45) is 3.48. The lowest BCUT2D eigenvalue weighted by molar-refractivity contribution is 0.0126. The van der Waals surface area contributed by atoms with Gasteiger partial charge in [0.05, 0.1) is 17.7 Å². The van der Waals surface area contributed by atoms with E-state index in [1.165, 1.54) is 0 Å². The molecule has 0 amide bonds. The molecule has 0 bridgehead atoms. The van der Waals surface area contributed by atoms with Gasteiger partial charge in [-0.3, -0.25) is 0 Å². The van der Waals surface area contributed by atoms with Gasteiger partial charge in [0.25, 0.3) is 0 Å². The topological polar surface area (TPSA) is 30.5 Å². The van der Waals surface area contributed by atoms with Crippen LogP contribution < -0.4 is 10.1 Å². The van der Waals surface area contributed by atoms with E-state index in [2.05, 4.69) is 5.32 Å². The van der Waals surface area contributed by atoms with Gasteiger partial charge in [-0.15, -0.1) is 0 Å². The Labute approximate surface area is 123 Å². The molecule has 1 aromatic rings. The predicted octanol–water partition coefficient (Wildman–Crippen LogP) is 3.58. The first-order valence-corrected chi connectivity index (χ1v) is 7.33. The highest BCUT2D eigenvalue weighted by Gasteiger charge is 2.33. The molecule has 0 saturated heterocycles. The quantitative estimate of drug-likeness (QED) is 0.925. The molecule has 104 valence electrons. The lowest BCUT2D eigenvalue weighted by Crippen LogP contribution is -2.47. The first-order chi connectivity index (χ1) is 9.17. The van der Waals surface area contributed by atoms with Gasteiger partial charge in [0.1, 0.15) is 5.75 Å². The first kappa shape index (κ1) is 13.5. The lowest BCUT2D eigenvalue weighted by atomic mass is 9.87. The largest absolute Gasteiger partial charge is 0.492 e. The smallest absolute Gasteiger partial charge is 0.142 e. The summed E-state index contributed by atoms with van der Waals surface area (Å²) in [5, 5.41) is 4.90. The Morgan fingerprint density at radius 1 is 1.32 bits per heavy atom. The van der Waals surface area contributed by atoms with E-state index in [0.29, 0.717) is 28.8 Å². The Balaban J connectivity index is 1.75. The Morgan fingerprint density at radius 2 is 2.11 bits per heavy atom. The molecule has 1 unspecified atom stereocenters. The van der Waals surface area contributed by atoms with E-state index < -0.39 is 0 Å². The third kappa shape index (κ3) is 2.70. The molecule has 2 aliphatic rings. The van der Waals surface area contributed by atoms with Crippen LogP contribution in [-0.2, 0) is 4.74 Å². The summed E-state index contributed by atoms with van der Waals surface area (Å²) in [7, 11) is 1.77. The van der Waals surface area contributed by atoms with Crippen molar-refractivity contribution in [2.75, 3.05) is 13.7 Å². The summed E-state index contributed by atoms with van der Waals surface area (Å²) in [6.45, 7) is 0.687. The maximum atomic E-state index is 6.19. The highest BCUT2D eigenvalue weighted by Crippen LogP contribution is 2.41. The third-order valence-corrected chi connectivity index (χ3v) is 4.43. The van der Waals surface area contributed by atoms with Gasteiger partial charge in [0.2, 0.25) is 0 Å². The molecule has 3 nitrogen and oxygen atoms in total. The Morgan fingerprint density at radius 3 is 2.84 bits per heavy atom. The number of rotatable bonds is 3. The van der Waals surface area contributed by atoms with E-state index >= 15 is 0 Å². The van der Waals surface area contributed by atoms with Crippen molar-refractivity contribution in [2.24, 2.45) is 0 Å². The minimum Gasteiger partial charge on any atom is -0.492 e. The van der Waals surface area contributed by atoms with Gasteiger partial charge < -0.3 is 14.8 Å². The number of nitrogens with one attached hydrogen (secondary N) is 1. The second-order valence-electron chi connectivity index (χ2n) is 5.19. The zero-order chi connectivity index (χ0) is 13.4. The average molecular weight is 302 g/mol. The zero-order valence-electron chi connectivity index (χ0n) is 10.8. The standard InChI is InChI=1S/C14H17Cl2NO2/c1-18-10-6-9(7-10)17-13-2-3-19-14-11(13)4-8(15)5-12(14)16/h4-5,9-10,13,17H,2-3,6-7H2,1H3. The maximum absolute atomic E-state index is 6.19. The van der Waals surface area contributed by atoms with Crippen molar-refractivity contribution >= 4 is 23.2 Å². The number of halogens is 2. The second kappa shape index (κ2) is 5.49. The molecule has 1 N–H and O–H groups in total. The summed E-state index contributed by atoms with van der Waals surface area (Å²) >= 11 is 12.3. The summed E-state index contributed by atoms with van der Waals surface area (Å²) in [4.78, 5) is 0. The van der Waals surface area contributed by atoms with Crippen LogP contribution in [0.3, 0.4) is 0 Å². The SMILES string of the molecule is COC1CC(NC2CCOc3c(Cl)cc(Cl)cc32)C1. The summed E-state index contributed by atoms with van der Waals surface area (Å²) < 4.78 is 11.0. The van der Waals surface area contributed by atoms with Crippen LogP contribution in [0.2, 0.25) is 10.0 Å². The highest BCUT2D eigenvalue weighted by atomic mass is 35.5. The molecule has 0 aromatic heterocycles. The van der Waals surface area contributed by atoms with Gasteiger partial charge in [-0.1, -0.05) is 23.2 Å². The van der Waals surface area contributed by atoms with Crippen LogP contribution in [0.25, 0.3) is 0 Å². The van der Waals surface area contributed by atoms with Crippen molar-refractivity contribution in [3.05, 3.63) is 27.7 Å². The molecular weight excluding hydrogens is 285 g/mol. The Hall–Kier alpha value is -0.480. The van der Waals surface area contributed by atoms with Crippen LogP contribution in [0.5, 0.6) is 5.75 Å². The van der Waals surface area contributed by atoms with Crippen molar-refractivity contribution in [1.29, 1.82) is 0 Å². The van der Waals surface area contributed by atoms with E-state index in [4.69, 9.17) is 32.7 Å². The Bertz CT molecular complexity index is 475. The molecule has 0 spiro atoms. The monoisotopic (exact) mass is 301 g/mol. The second-order valence-corrected chi connectivity index (χ2v) is 6.03. The van der Waals surface area contributed by atoms with E-state index in [9.17, 15) is 0 Å². The van der Waals surface area contributed by atoms with Gasteiger partial charge in [0, 0.05) is 36.2 Å².